The summed E-state index contributed by atoms with van der Waals surface area (Å²) in [6.45, 7) is 0.0183. The predicted molar refractivity (Wildman–Crippen MR) is 117 cm³/mol. The standard InChI is InChI=1S/C25H21F4N3O3/c26-17-6-2-4-15(12-17)24(8-9-24)23-30-19-7-10-32(13-18(19)21(34)31-23)22(35)20(33)14-3-1-5-16(11-14)25(27,28)29/h1-6,11-12,20,33H,7-10,13H2,(H,30,31,34)/t20-/m1/s1. The number of nitrogens with one attached hydrogen (secondary N) is 1. The van der Waals surface area contributed by atoms with Crippen molar-refractivity contribution in [3.05, 3.63) is 98.5 Å². The molecule has 1 aliphatic heterocycles. The van der Waals surface area contributed by atoms with Gasteiger partial charge in [0.05, 0.1) is 28.8 Å². The summed E-state index contributed by atoms with van der Waals surface area (Å²) in [5.41, 5.74) is -0.613. The Morgan fingerprint density at radius 1 is 1.14 bits per heavy atom. The summed E-state index contributed by atoms with van der Waals surface area (Å²) in [5, 5.41) is 10.5. The van der Waals surface area contributed by atoms with Gasteiger partial charge in [0, 0.05) is 13.0 Å². The summed E-state index contributed by atoms with van der Waals surface area (Å²) < 4.78 is 52.8. The molecule has 1 fully saturated rings. The number of alkyl halides is 3. The Balaban J connectivity index is 1.38. The third-order valence-corrected chi connectivity index (χ3v) is 6.72. The number of fused-ring (bicyclic) bond motifs is 1. The van der Waals surface area contributed by atoms with Crippen molar-refractivity contribution >= 4 is 5.91 Å². The molecule has 0 spiro atoms. The van der Waals surface area contributed by atoms with Crippen molar-refractivity contribution in [1.29, 1.82) is 0 Å². The van der Waals surface area contributed by atoms with E-state index in [4.69, 9.17) is 0 Å². The van der Waals surface area contributed by atoms with Gasteiger partial charge in [-0.3, -0.25) is 9.59 Å². The number of halogens is 4. The zero-order valence-corrected chi connectivity index (χ0v) is 18.4. The van der Waals surface area contributed by atoms with Crippen LogP contribution in [0.15, 0.2) is 53.3 Å². The molecule has 182 valence electrons. The van der Waals surface area contributed by atoms with Gasteiger partial charge in [0.1, 0.15) is 11.6 Å². The summed E-state index contributed by atoms with van der Waals surface area (Å²) >= 11 is 0. The fraction of sp³-hybridized carbons (Fsp3) is 0.320. The third-order valence-electron chi connectivity index (χ3n) is 6.72. The molecule has 0 bridgehead atoms. The number of aromatic nitrogens is 2. The van der Waals surface area contributed by atoms with Gasteiger partial charge in [0.15, 0.2) is 6.10 Å². The normalized spacial score (nSPS) is 17.6. The second kappa shape index (κ2) is 8.30. The lowest BCUT2D eigenvalue weighted by atomic mass is 9.94. The van der Waals surface area contributed by atoms with Gasteiger partial charge in [-0.15, -0.1) is 0 Å². The van der Waals surface area contributed by atoms with Crippen molar-refractivity contribution in [1.82, 2.24) is 14.9 Å². The molecule has 3 aromatic rings. The number of rotatable bonds is 4. The van der Waals surface area contributed by atoms with Crippen LogP contribution in [0.4, 0.5) is 17.6 Å². The van der Waals surface area contributed by atoms with Crippen molar-refractivity contribution in [2.24, 2.45) is 0 Å². The van der Waals surface area contributed by atoms with Gasteiger partial charge in [0.25, 0.3) is 11.5 Å². The molecule has 0 unspecified atom stereocenters. The van der Waals surface area contributed by atoms with E-state index in [0.29, 0.717) is 24.4 Å². The molecule has 5 rings (SSSR count). The molecule has 1 amide bonds. The number of aliphatic hydroxyl groups is 1. The minimum atomic E-state index is -4.61. The summed E-state index contributed by atoms with van der Waals surface area (Å²) in [5.74, 6) is -0.713. The van der Waals surface area contributed by atoms with Crippen LogP contribution >= 0.6 is 0 Å². The molecule has 35 heavy (non-hydrogen) atoms. The van der Waals surface area contributed by atoms with E-state index in [0.717, 1.165) is 23.8 Å². The van der Waals surface area contributed by atoms with Gasteiger partial charge in [0.2, 0.25) is 0 Å². The van der Waals surface area contributed by atoms with Gasteiger partial charge in [-0.1, -0.05) is 24.3 Å². The molecular formula is C25H21F4N3O3. The summed E-state index contributed by atoms with van der Waals surface area (Å²) in [6.07, 6.45) is -4.73. The van der Waals surface area contributed by atoms with Gasteiger partial charge in [-0.25, -0.2) is 9.37 Å². The lowest BCUT2D eigenvalue weighted by molar-refractivity contribution is -0.142. The van der Waals surface area contributed by atoms with Crippen molar-refractivity contribution in [3.63, 3.8) is 0 Å². The Morgan fingerprint density at radius 2 is 1.89 bits per heavy atom. The Labute approximate surface area is 197 Å². The van der Waals surface area contributed by atoms with Crippen LogP contribution in [-0.2, 0) is 29.4 Å². The number of hydrogen-bond donors (Lipinski definition) is 2. The van der Waals surface area contributed by atoms with Crippen LogP contribution in [0, 0.1) is 5.82 Å². The molecule has 10 heteroatoms. The molecular weight excluding hydrogens is 466 g/mol. The molecule has 1 aromatic heterocycles. The van der Waals surface area contributed by atoms with Crippen LogP contribution in [0.25, 0.3) is 0 Å². The molecule has 2 aromatic carbocycles. The highest BCUT2D eigenvalue weighted by molar-refractivity contribution is 5.82. The highest BCUT2D eigenvalue weighted by Gasteiger charge is 2.49. The van der Waals surface area contributed by atoms with Crippen LogP contribution in [0.5, 0.6) is 0 Å². The van der Waals surface area contributed by atoms with E-state index < -0.39 is 34.7 Å². The Bertz CT molecular complexity index is 1360. The van der Waals surface area contributed by atoms with Crippen molar-refractivity contribution < 1.29 is 27.5 Å². The maximum atomic E-state index is 13.8. The van der Waals surface area contributed by atoms with E-state index in [9.17, 15) is 32.3 Å². The molecule has 1 saturated carbocycles. The van der Waals surface area contributed by atoms with Crippen molar-refractivity contribution in [2.45, 2.75) is 43.5 Å². The highest BCUT2D eigenvalue weighted by Crippen LogP contribution is 2.52. The number of benzene rings is 2. The van der Waals surface area contributed by atoms with Gasteiger partial charge < -0.3 is 15.0 Å². The number of amides is 1. The summed E-state index contributed by atoms with van der Waals surface area (Å²) in [4.78, 5) is 34.5. The first-order valence-corrected chi connectivity index (χ1v) is 11.1. The van der Waals surface area contributed by atoms with Crippen molar-refractivity contribution in [2.75, 3.05) is 6.54 Å². The summed E-state index contributed by atoms with van der Waals surface area (Å²) in [6, 6.07) is 10.2. The Kier molecular flexibility index (Phi) is 5.51. The molecule has 2 heterocycles. The van der Waals surface area contributed by atoms with Gasteiger partial charge >= 0.3 is 6.18 Å². The number of nitrogens with zero attached hydrogens (tertiary/aromatic N) is 2. The first-order valence-electron chi connectivity index (χ1n) is 11.1. The smallest absolute Gasteiger partial charge is 0.378 e. The van der Waals surface area contributed by atoms with E-state index in [1.807, 2.05) is 0 Å². The Hall–Kier alpha value is -3.53. The lowest BCUT2D eigenvalue weighted by Gasteiger charge is -2.30. The van der Waals surface area contributed by atoms with Crippen LogP contribution in [0.3, 0.4) is 0 Å². The number of H-pyrrole nitrogens is 1. The lowest BCUT2D eigenvalue weighted by Crippen LogP contribution is -2.42. The largest absolute Gasteiger partial charge is 0.416 e. The first kappa shape index (κ1) is 23.2. The van der Waals surface area contributed by atoms with Gasteiger partial charge in [-0.2, -0.15) is 13.2 Å². The minimum absolute atomic E-state index is 0.125. The zero-order valence-electron chi connectivity index (χ0n) is 18.4. The Morgan fingerprint density at radius 3 is 2.57 bits per heavy atom. The first-order chi connectivity index (χ1) is 16.6. The predicted octanol–water partition coefficient (Wildman–Crippen LogP) is 3.63. The average molecular weight is 487 g/mol. The quantitative estimate of drug-likeness (QED) is 0.551. The molecule has 2 N–H and O–H groups in total. The van der Waals surface area contributed by atoms with E-state index in [1.165, 1.54) is 23.1 Å². The molecule has 6 nitrogen and oxygen atoms in total. The number of carbonyl (C=O) groups excluding carboxylic acids is 1. The molecule has 0 radical (unpaired) electrons. The van der Waals surface area contributed by atoms with Crippen molar-refractivity contribution in [3.8, 4) is 0 Å². The van der Waals surface area contributed by atoms with Crippen LogP contribution in [0.1, 0.15) is 52.7 Å². The maximum absolute atomic E-state index is 13.8. The number of carbonyl (C=O) groups is 1. The number of hydrogen-bond acceptors (Lipinski definition) is 4. The fourth-order valence-corrected chi connectivity index (χ4v) is 4.61. The van der Waals surface area contributed by atoms with E-state index in [2.05, 4.69) is 9.97 Å². The van der Waals surface area contributed by atoms with Crippen LogP contribution in [-0.4, -0.2) is 32.4 Å². The SMILES string of the molecule is O=C([C@H](O)c1cccc(C(F)(F)F)c1)N1CCc2nc(C3(c4cccc(F)c4)CC3)[nH]c(=O)c2C1. The molecule has 0 saturated heterocycles. The van der Waals surface area contributed by atoms with E-state index in [-0.39, 0.29) is 36.5 Å². The van der Waals surface area contributed by atoms with E-state index in [1.54, 1.807) is 12.1 Å². The molecule has 1 aliphatic carbocycles. The van der Waals surface area contributed by atoms with Crippen LogP contribution < -0.4 is 5.56 Å². The second-order valence-corrected chi connectivity index (χ2v) is 8.97. The van der Waals surface area contributed by atoms with Gasteiger partial charge in [-0.05, 0) is 48.2 Å². The zero-order chi connectivity index (χ0) is 25.0. The minimum Gasteiger partial charge on any atom is -0.378 e. The molecule has 1 atom stereocenters. The average Bonchev–Trinajstić information content (AvgIpc) is 3.65. The number of aliphatic hydroxyl groups excluding tert-OH is 1. The third kappa shape index (κ3) is 4.22. The summed E-state index contributed by atoms with van der Waals surface area (Å²) in [7, 11) is 0. The molecule has 2 aliphatic rings. The number of aromatic amines is 1. The van der Waals surface area contributed by atoms with E-state index >= 15 is 0 Å². The monoisotopic (exact) mass is 487 g/mol. The second-order valence-electron chi connectivity index (χ2n) is 8.97. The maximum Gasteiger partial charge on any atom is 0.416 e. The van der Waals surface area contributed by atoms with Crippen LogP contribution in [0.2, 0.25) is 0 Å². The topological polar surface area (TPSA) is 86.3 Å². The highest BCUT2D eigenvalue weighted by atomic mass is 19.4. The fourth-order valence-electron chi connectivity index (χ4n) is 4.61.